The van der Waals surface area contributed by atoms with Gasteiger partial charge in [-0.3, -0.25) is 19.3 Å². The number of nitrogens with zero attached hydrogens (tertiary/aromatic N) is 1. The first-order valence-electron chi connectivity index (χ1n) is 4.13. The first kappa shape index (κ1) is 8.22. The van der Waals surface area contributed by atoms with Crippen LogP contribution in [0.2, 0.25) is 0 Å². The first-order chi connectivity index (χ1) is 6.05. The van der Waals surface area contributed by atoms with E-state index in [0.29, 0.717) is 6.54 Å². The van der Waals surface area contributed by atoms with Gasteiger partial charge in [-0.05, 0) is 0 Å². The quantitative estimate of drug-likeness (QED) is 0.483. The van der Waals surface area contributed by atoms with Crippen LogP contribution in [0.4, 0.5) is 0 Å². The fourth-order valence-corrected chi connectivity index (χ4v) is 1.93. The van der Waals surface area contributed by atoms with Crippen molar-refractivity contribution in [3.63, 3.8) is 0 Å². The number of likely N-dealkylation sites (tertiary alicyclic amines) is 1. The molecule has 0 aromatic carbocycles. The standard InChI is InChI=1S/C8H10N2O3/c1-10-6(12)3-8(7(10)13)2-5(11)9-4-8/h2-4H2,1H3,(H,9,11). The first-order valence-corrected chi connectivity index (χ1v) is 4.13. The lowest BCUT2D eigenvalue weighted by atomic mass is 9.85. The number of amides is 3. The summed E-state index contributed by atoms with van der Waals surface area (Å²) in [6, 6.07) is 0. The highest BCUT2D eigenvalue weighted by molar-refractivity contribution is 6.08. The molecule has 0 aliphatic carbocycles. The second kappa shape index (κ2) is 2.31. The van der Waals surface area contributed by atoms with Gasteiger partial charge in [-0.1, -0.05) is 0 Å². The summed E-state index contributed by atoms with van der Waals surface area (Å²) in [5.41, 5.74) is -0.761. The van der Waals surface area contributed by atoms with Gasteiger partial charge >= 0.3 is 0 Å². The second-order valence-corrected chi connectivity index (χ2v) is 3.67. The van der Waals surface area contributed by atoms with Crippen molar-refractivity contribution in [1.82, 2.24) is 10.2 Å². The molecule has 2 rings (SSSR count). The average Bonchev–Trinajstić information content (AvgIpc) is 2.53. The van der Waals surface area contributed by atoms with E-state index in [4.69, 9.17) is 0 Å². The van der Waals surface area contributed by atoms with Crippen molar-refractivity contribution >= 4 is 17.7 Å². The molecule has 2 aliphatic rings. The summed E-state index contributed by atoms with van der Waals surface area (Å²) in [4.78, 5) is 34.9. The maximum Gasteiger partial charge on any atom is 0.237 e. The zero-order valence-electron chi connectivity index (χ0n) is 7.29. The van der Waals surface area contributed by atoms with E-state index < -0.39 is 5.41 Å². The van der Waals surface area contributed by atoms with Gasteiger partial charge in [0.15, 0.2) is 0 Å². The third kappa shape index (κ3) is 0.961. The fourth-order valence-electron chi connectivity index (χ4n) is 1.93. The van der Waals surface area contributed by atoms with Crippen LogP contribution in [0.1, 0.15) is 12.8 Å². The Labute approximate surface area is 75.1 Å². The maximum absolute atomic E-state index is 11.6. The Kier molecular flexibility index (Phi) is 1.46. The van der Waals surface area contributed by atoms with E-state index in [1.165, 1.54) is 7.05 Å². The molecular weight excluding hydrogens is 172 g/mol. The lowest BCUT2D eigenvalue weighted by Gasteiger charge is -2.16. The Morgan fingerprint density at radius 1 is 1.31 bits per heavy atom. The molecule has 2 saturated heterocycles. The lowest BCUT2D eigenvalue weighted by molar-refractivity contribution is -0.140. The summed E-state index contributed by atoms with van der Waals surface area (Å²) in [6.07, 6.45) is 0.322. The monoisotopic (exact) mass is 182 g/mol. The molecule has 0 radical (unpaired) electrons. The number of hydrogen-bond donors (Lipinski definition) is 1. The molecule has 2 aliphatic heterocycles. The van der Waals surface area contributed by atoms with Crippen molar-refractivity contribution < 1.29 is 14.4 Å². The van der Waals surface area contributed by atoms with Gasteiger partial charge in [-0.15, -0.1) is 0 Å². The van der Waals surface area contributed by atoms with Gasteiger partial charge in [-0.2, -0.15) is 0 Å². The van der Waals surface area contributed by atoms with E-state index in [1.54, 1.807) is 0 Å². The predicted octanol–water partition coefficient (Wildman–Crippen LogP) is -1.12. The molecule has 1 atom stereocenters. The molecule has 2 heterocycles. The molecule has 5 heteroatoms. The molecule has 1 unspecified atom stereocenters. The molecule has 2 fully saturated rings. The molecule has 1 spiro atoms. The Bertz CT molecular complexity index is 313. The van der Waals surface area contributed by atoms with Gasteiger partial charge in [0.25, 0.3) is 0 Å². The highest BCUT2D eigenvalue weighted by atomic mass is 16.2. The highest BCUT2D eigenvalue weighted by Crippen LogP contribution is 2.37. The van der Waals surface area contributed by atoms with E-state index in [-0.39, 0.29) is 30.6 Å². The topological polar surface area (TPSA) is 66.5 Å². The zero-order valence-corrected chi connectivity index (χ0v) is 7.29. The van der Waals surface area contributed by atoms with Crippen LogP contribution in [0.15, 0.2) is 0 Å². The normalized spacial score (nSPS) is 33.3. The average molecular weight is 182 g/mol. The van der Waals surface area contributed by atoms with Crippen molar-refractivity contribution in [3.8, 4) is 0 Å². The predicted molar refractivity (Wildman–Crippen MR) is 42.5 cm³/mol. The van der Waals surface area contributed by atoms with Crippen LogP contribution in [-0.2, 0) is 14.4 Å². The van der Waals surface area contributed by atoms with E-state index in [1.807, 2.05) is 0 Å². The van der Waals surface area contributed by atoms with Gasteiger partial charge in [0.2, 0.25) is 17.7 Å². The number of imide groups is 1. The minimum absolute atomic E-state index is 0.142. The molecular formula is C8H10N2O3. The van der Waals surface area contributed by atoms with Crippen molar-refractivity contribution in [3.05, 3.63) is 0 Å². The summed E-state index contributed by atoms with van der Waals surface area (Å²) < 4.78 is 0. The Balaban J connectivity index is 2.31. The van der Waals surface area contributed by atoms with Crippen LogP contribution in [0.25, 0.3) is 0 Å². The van der Waals surface area contributed by atoms with Crippen molar-refractivity contribution in [2.24, 2.45) is 5.41 Å². The number of carbonyl (C=O) groups is 3. The number of rotatable bonds is 0. The minimum atomic E-state index is -0.761. The highest BCUT2D eigenvalue weighted by Gasteiger charge is 2.54. The third-order valence-electron chi connectivity index (χ3n) is 2.74. The molecule has 1 N–H and O–H groups in total. The van der Waals surface area contributed by atoms with Crippen molar-refractivity contribution in [2.75, 3.05) is 13.6 Å². The molecule has 0 aromatic rings. The molecule has 0 saturated carbocycles. The van der Waals surface area contributed by atoms with Gasteiger partial charge < -0.3 is 5.32 Å². The fraction of sp³-hybridized carbons (Fsp3) is 0.625. The second-order valence-electron chi connectivity index (χ2n) is 3.67. The van der Waals surface area contributed by atoms with E-state index in [9.17, 15) is 14.4 Å². The largest absolute Gasteiger partial charge is 0.355 e. The molecule has 70 valence electrons. The van der Waals surface area contributed by atoms with Crippen LogP contribution in [0.3, 0.4) is 0 Å². The van der Waals surface area contributed by atoms with Crippen LogP contribution >= 0.6 is 0 Å². The van der Waals surface area contributed by atoms with Gasteiger partial charge in [0.1, 0.15) is 0 Å². The van der Waals surface area contributed by atoms with E-state index in [2.05, 4.69) is 5.32 Å². The number of hydrogen-bond acceptors (Lipinski definition) is 3. The van der Waals surface area contributed by atoms with Crippen molar-refractivity contribution in [1.29, 1.82) is 0 Å². The number of carbonyl (C=O) groups excluding carboxylic acids is 3. The SMILES string of the molecule is CN1C(=O)CC2(CNC(=O)C2)C1=O. The Morgan fingerprint density at radius 3 is 2.38 bits per heavy atom. The third-order valence-corrected chi connectivity index (χ3v) is 2.74. The number of nitrogens with one attached hydrogen (secondary N) is 1. The molecule has 13 heavy (non-hydrogen) atoms. The summed E-state index contributed by atoms with van der Waals surface area (Å²) >= 11 is 0. The smallest absolute Gasteiger partial charge is 0.237 e. The van der Waals surface area contributed by atoms with E-state index >= 15 is 0 Å². The summed E-state index contributed by atoms with van der Waals surface area (Å²) in [7, 11) is 1.46. The summed E-state index contributed by atoms with van der Waals surface area (Å²) in [5.74, 6) is -0.561. The maximum atomic E-state index is 11.6. The molecule has 0 bridgehead atoms. The minimum Gasteiger partial charge on any atom is -0.355 e. The van der Waals surface area contributed by atoms with Crippen LogP contribution in [0.5, 0.6) is 0 Å². The zero-order chi connectivity index (χ0) is 9.64. The van der Waals surface area contributed by atoms with Crippen LogP contribution in [-0.4, -0.2) is 36.2 Å². The van der Waals surface area contributed by atoms with Gasteiger partial charge in [0.05, 0.1) is 5.41 Å². The Hall–Kier alpha value is -1.39. The Morgan fingerprint density at radius 2 is 2.00 bits per heavy atom. The van der Waals surface area contributed by atoms with Crippen LogP contribution in [0, 0.1) is 5.41 Å². The van der Waals surface area contributed by atoms with E-state index in [0.717, 1.165) is 4.90 Å². The van der Waals surface area contributed by atoms with Gasteiger partial charge in [-0.25, -0.2) is 0 Å². The van der Waals surface area contributed by atoms with Gasteiger partial charge in [0, 0.05) is 26.4 Å². The molecule has 3 amide bonds. The summed E-state index contributed by atoms with van der Waals surface area (Å²) in [6.45, 7) is 0.306. The molecule has 0 aromatic heterocycles. The van der Waals surface area contributed by atoms with Crippen molar-refractivity contribution in [2.45, 2.75) is 12.8 Å². The lowest BCUT2D eigenvalue weighted by Crippen LogP contribution is -2.34. The molecule has 5 nitrogen and oxygen atoms in total. The summed E-state index contributed by atoms with van der Waals surface area (Å²) in [5, 5.41) is 2.59. The van der Waals surface area contributed by atoms with Crippen LogP contribution < -0.4 is 5.32 Å².